The summed E-state index contributed by atoms with van der Waals surface area (Å²) in [4.78, 5) is 4.43. The highest BCUT2D eigenvalue weighted by Crippen LogP contribution is 2.42. The lowest BCUT2D eigenvalue weighted by molar-refractivity contribution is 0.204. The molecule has 0 aromatic rings. The third kappa shape index (κ3) is 1.77. The van der Waals surface area contributed by atoms with Crippen molar-refractivity contribution in [1.82, 2.24) is 0 Å². The van der Waals surface area contributed by atoms with E-state index in [-0.39, 0.29) is 5.54 Å². The monoisotopic (exact) mass is 200 g/mol. The maximum absolute atomic E-state index is 5.55. The fourth-order valence-corrected chi connectivity index (χ4v) is 3.57. The van der Waals surface area contributed by atoms with Gasteiger partial charge in [-0.25, -0.2) is 4.99 Å². The first kappa shape index (κ1) is 9.19. The van der Waals surface area contributed by atoms with E-state index in [4.69, 9.17) is 10.5 Å². The van der Waals surface area contributed by atoms with Gasteiger partial charge in [-0.2, -0.15) is 11.8 Å². The van der Waals surface area contributed by atoms with Crippen LogP contribution in [0.1, 0.15) is 20.3 Å². The summed E-state index contributed by atoms with van der Waals surface area (Å²) in [6.45, 7) is 5.24. The van der Waals surface area contributed by atoms with Crippen LogP contribution in [-0.4, -0.2) is 29.7 Å². The highest BCUT2D eigenvalue weighted by molar-refractivity contribution is 7.99. The van der Waals surface area contributed by atoms with E-state index in [0.29, 0.717) is 18.0 Å². The second-order valence-electron chi connectivity index (χ2n) is 4.80. The van der Waals surface area contributed by atoms with Gasteiger partial charge in [-0.15, -0.1) is 0 Å². The quantitative estimate of drug-likeness (QED) is 0.640. The molecular formula is C9H16N2OS. The average Bonchev–Trinajstić information content (AvgIpc) is 2.29. The Labute approximate surface area is 83.1 Å². The number of rotatable bonds is 0. The minimum atomic E-state index is -0.0174. The van der Waals surface area contributed by atoms with Crippen LogP contribution in [0.5, 0.6) is 0 Å². The van der Waals surface area contributed by atoms with E-state index < -0.39 is 0 Å². The van der Waals surface area contributed by atoms with Gasteiger partial charge in [0, 0.05) is 5.75 Å². The Morgan fingerprint density at radius 2 is 2.23 bits per heavy atom. The minimum absolute atomic E-state index is 0.0174. The van der Waals surface area contributed by atoms with E-state index >= 15 is 0 Å². The van der Waals surface area contributed by atoms with Crippen molar-refractivity contribution in [2.45, 2.75) is 25.8 Å². The Kier molecular flexibility index (Phi) is 1.98. The molecule has 1 spiro atoms. The van der Waals surface area contributed by atoms with Crippen LogP contribution in [0.15, 0.2) is 4.99 Å². The predicted molar refractivity (Wildman–Crippen MR) is 56.0 cm³/mol. The normalized spacial score (nSPS) is 37.2. The topological polar surface area (TPSA) is 47.6 Å². The third-order valence-corrected chi connectivity index (χ3v) is 4.23. The number of nitrogens with two attached hydrogens (primary N) is 1. The lowest BCUT2D eigenvalue weighted by Crippen LogP contribution is -2.42. The second kappa shape index (κ2) is 2.80. The molecule has 1 atom stereocenters. The molecule has 2 N–H and O–H groups in total. The number of thioether (sulfide) groups is 1. The first-order valence-corrected chi connectivity index (χ1v) is 5.73. The maximum Gasteiger partial charge on any atom is 0.282 e. The third-order valence-electron chi connectivity index (χ3n) is 2.51. The highest BCUT2D eigenvalue weighted by atomic mass is 32.2. The zero-order valence-corrected chi connectivity index (χ0v) is 8.99. The zero-order valence-electron chi connectivity index (χ0n) is 8.17. The van der Waals surface area contributed by atoms with Crippen molar-refractivity contribution in [3.8, 4) is 0 Å². The molecule has 0 aromatic heterocycles. The molecule has 1 fully saturated rings. The largest absolute Gasteiger partial charge is 0.463 e. The van der Waals surface area contributed by atoms with Crippen molar-refractivity contribution >= 4 is 17.8 Å². The van der Waals surface area contributed by atoms with Gasteiger partial charge in [0.25, 0.3) is 6.02 Å². The van der Waals surface area contributed by atoms with E-state index in [1.807, 2.05) is 11.8 Å². The molecule has 1 unspecified atom stereocenters. The van der Waals surface area contributed by atoms with E-state index in [1.54, 1.807) is 0 Å². The van der Waals surface area contributed by atoms with Crippen molar-refractivity contribution in [1.29, 1.82) is 0 Å². The van der Waals surface area contributed by atoms with Crippen LogP contribution in [0.3, 0.4) is 0 Å². The fourth-order valence-electron chi connectivity index (χ4n) is 2.18. The van der Waals surface area contributed by atoms with Crippen molar-refractivity contribution in [2.75, 3.05) is 18.1 Å². The number of nitrogens with zero attached hydrogens (tertiary/aromatic N) is 1. The Bertz CT molecular complexity index is 252. The number of aliphatic imine (C=N–C) groups is 1. The number of hydrogen-bond donors (Lipinski definition) is 1. The fraction of sp³-hybridized carbons (Fsp3) is 0.889. The molecule has 74 valence electrons. The van der Waals surface area contributed by atoms with Gasteiger partial charge < -0.3 is 10.5 Å². The summed E-state index contributed by atoms with van der Waals surface area (Å²) >= 11 is 1.96. The Morgan fingerprint density at radius 3 is 2.77 bits per heavy atom. The van der Waals surface area contributed by atoms with Gasteiger partial charge in [0.2, 0.25) is 0 Å². The summed E-state index contributed by atoms with van der Waals surface area (Å²) < 4.78 is 5.25. The summed E-state index contributed by atoms with van der Waals surface area (Å²) in [6.07, 6.45) is 1.09. The van der Waals surface area contributed by atoms with E-state index in [1.165, 1.54) is 5.75 Å². The highest BCUT2D eigenvalue weighted by Gasteiger charge is 2.44. The van der Waals surface area contributed by atoms with Crippen LogP contribution in [0, 0.1) is 5.41 Å². The van der Waals surface area contributed by atoms with E-state index in [9.17, 15) is 0 Å². The first-order chi connectivity index (χ1) is 6.02. The Hall–Kier alpha value is -0.380. The number of ether oxygens (including phenoxy) is 1. The lowest BCUT2D eigenvalue weighted by Gasteiger charge is -2.38. The molecule has 2 heterocycles. The van der Waals surface area contributed by atoms with Crippen LogP contribution < -0.4 is 5.73 Å². The SMILES string of the molecule is CC1(C)CSCC2(COC(N)=N2)C1. The standard InChI is InChI=1S/C9H16N2OS/c1-8(2)3-9(6-13-5-8)4-12-7(10)11-9/h3-6H2,1-2H3,(H2,10,11). The number of amidine groups is 1. The van der Waals surface area contributed by atoms with E-state index in [2.05, 4.69) is 18.8 Å². The molecule has 0 aliphatic carbocycles. The van der Waals surface area contributed by atoms with Crippen LogP contribution in [0.25, 0.3) is 0 Å². The van der Waals surface area contributed by atoms with Gasteiger partial charge in [-0.05, 0) is 17.6 Å². The smallest absolute Gasteiger partial charge is 0.282 e. The molecule has 13 heavy (non-hydrogen) atoms. The molecule has 2 aliphatic heterocycles. The van der Waals surface area contributed by atoms with Crippen molar-refractivity contribution in [3.05, 3.63) is 0 Å². The summed E-state index contributed by atoms with van der Waals surface area (Å²) in [7, 11) is 0. The molecule has 0 aromatic carbocycles. The van der Waals surface area contributed by atoms with Gasteiger partial charge in [0.1, 0.15) is 12.1 Å². The van der Waals surface area contributed by atoms with Crippen LogP contribution >= 0.6 is 11.8 Å². The number of hydrogen-bond acceptors (Lipinski definition) is 4. The zero-order chi connectivity index (χ0) is 9.53. The lowest BCUT2D eigenvalue weighted by atomic mass is 9.81. The first-order valence-electron chi connectivity index (χ1n) is 4.57. The van der Waals surface area contributed by atoms with Crippen molar-refractivity contribution in [2.24, 2.45) is 16.1 Å². The maximum atomic E-state index is 5.55. The molecule has 0 bridgehead atoms. The van der Waals surface area contributed by atoms with Gasteiger partial charge in [-0.3, -0.25) is 0 Å². The Morgan fingerprint density at radius 1 is 1.46 bits per heavy atom. The molecule has 3 nitrogen and oxygen atoms in total. The molecule has 0 amide bonds. The van der Waals surface area contributed by atoms with E-state index in [0.717, 1.165) is 12.2 Å². The predicted octanol–water partition coefficient (Wildman–Crippen LogP) is 1.23. The molecule has 2 aliphatic rings. The summed E-state index contributed by atoms with van der Waals surface area (Å²) in [5.41, 5.74) is 5.89. The second-order valence-corrected chi connectivity index (χ2v) is 5.78. The molecular weight excluding hydrogens is 184 g/mol. The summed E-state index contributed by atoms with van der Waals surface area (Å²) in [6, 6.07) is 0.373. The molecule has 0 saturated carbocycles. The van der Waals surface area contributed by atoms with Gasteiger partial charge in [0.15, 0.2) is 0 Å². The Balaban J connectivity index is 2.16. The summed E-state index contributed by atoms with van der Waals surface area (Å²) in [5.74, 6) is 2.27. The molecule has 1 saturated heterocycles. The van der Waals surface area contributed by atoms with Crippen LogP contribution in [0.4, 0.5) is 0 Å². The van der Waals surface area contributed by atoms with Gasteiger partial charge in [-0.1, -0.05) is 13.8 Å². The minimum Gasteiger partial charge on any atom is -0.463 e. The average molecular weight is 200 g/mol. The van der Waals surface area contributed by atoms with Crippen molar-refractivity contribution in [3.63, 3.8) is 0 Å². The van der Waals surface area contributed by atoms with Crippen molar-refractivity contribution < 1.29 is 4.74 Å². The molecule has 0 radical (unpaired) electrons. The van der Waals surface area contributed by atoms with Crippen LogP contribution in [-0.2, 0) is 4.74 Å². The van der Waals surface area contributed by atoms with Crippen LogP contribution in [0.2, 0.25) is 0 Å². The van der Waals surface area contributed by atoms with Gasteiger partial charge >= 0.3 is 0 Å². The molecule has 2 rings (SSSR count). The molecule has 4 heteroatoms. The summed E-state index contributed by atoms with van der Waals surface area (Å²) in [5, 5.41) is 0. The van der Waals surface area contributed by atoms with Gasteiger partial charge in [0.05, 0.1) is 0 Å².